The molecule has 2 atom stereocenters. The first-order chi connectivity index (χ1) is 8.66. The minimum Gasteiger partial charge on any atom is -0.508 e. The van der Waals surface area contributed by atoms with E-state index in [1.165, 1.54) is 0 Å². The lowest BCUT2D eigenvalue weighted by molar-refractivity contribution is 0.0780. The lowest BCUT2D eigenvalue weighted by Crippen LogP contribution is -2.32. The van der Waals surface area contributed by atoms with Crippen LogP contribution in [-0.4, -0.2) is 42.1 Å². The summed E-state index contributed by atoms with van der Waals surface area (Å²) in [6, 6.07) is 5.15. The highest BCUT2D eigenvalue weighted by molar-refractivity contribution is 5.96. The Hall–Kier alpha value is -1.55. The number of likely N-dealkylation sites (tertiary alicyclic amines) is 1. The van der Waals surface area contributed by atoms with Gasteiger partial charge in [-0.15, -0.1) is 0 Å². The molecule has 4 nitrogen and oxygen atoms in total. The maximum atomic E-state index is 12.4. The van der Waals surface area contributed by atoms with Gasteiger partial charge < -0.3 is 15.3 Å². The molecule has 1 amide bonds. The molecule has 3 rings (SSSR count). The molecule has 1 aromatic carbocycles. The van der Waals surface area contributed by atoms with Crippen molar-refractivity contribution in [3.63, 3.8) is 0 Å². The maximum Gasteiger partial charge on any atom is 0.254 e. The van der Waals surface area contributed by atoms with Gasteiger partial charge in [0.2, 0.25) is 0 Å². The van der Waals surface area contributed by atoms with Crippen LogP contribution in [-0.2, 0) is 0 Å². The Bertz CT molecular complexity index is 475. The zero-order valence-electron chi connectivity index (χ0n) is 10.5. The fraction of sp³-hybridized carbons (Fsp3) is 0.500. The molecule has 4 heteroatoms. The Labute approximate surface area is 107 Å². The van der Waals surface area contributed by atoms with Crippen molar-refractivity contribution in [2.45, 2.75) is 6.92 Å². The van der Waals surface area contributed by atoms with E-state index in [0.29, 0.717) is 23.0 Å². The van der Waals surface area contributed by atoms with Crippen molar-refractivity contribution in [1.29, 1.82) is 0 Å². The summed E-state index contributed by atoms with van der Waals surface area (Å²) in [5.41, 5.74) is 1.31. The van der Waals surface area contributed by atoms with Crippen LogP contribution in [0.25, 0.3) is 0 Å². The van der Waals surface area contributed by atoms with E-state index in [2.05, 4.69) is 5.32 Å². The van der Waals surface area contributed by atoms with Crippen molar-refractivity contribution in [1.82, 2.24) is 10.2 Å². The molecule has 0 radical (unpaired) electrons. The molecule has 0 unspecified atom stereocenters. The summed E-state index contributed by atoms with van der Waals surface area (Å²) in [4.78, 5) is 14.4. The average Bonchev–Trinajstić information content (AvgIpc) is 2.92. The number of carbonyl (C=O) groups excluding carboxylic acids is 1. The minimum absolute atomic E-state index is 0.0535. The zero-order chi connectivity index (χ0) is 12.7. The molecule has 2 fully saturated rings. The Morgan fingerprint density at radius 2 is 2.00 bits per heavy atom. The topological polar surface area (TPSA) is 52.6 Å². The molecule has 0 aromatic heterocycles. The molecular weight excluding hydrogens is 228 g/mol. The summed E-state index contributed by atoms with van der Waals surface area (Å²) in [5.74, 6) is 1.46. The number of carbonyl (C=O) groups is 1. The number of benzene rings is 1. The van der Waals surface area contributed by atoms with E-state index in [9.17, 15) is 9.90 Å². The maximum absolute atomic E-state index is 12.4. The van der Waals surface area contributed by atoms with Crippen molar-refractivity contribution in [2.24, 2.45) is 11.8 Å². The Morgan fingerprint density at radius 3 is 2.67 bits per heavy atom. The SMILES string of the molecule is Cc1c(O)cccc1C(=O)N1C[C@H]2CNC[C@H]2C1. The van der Waals surface area contributed by atoms with Gasteiger partial charge in [-0.2, -0.15) is 0 Å². The summed E-state index contributed by atoms with van der Waals surface area (Å²) in [5, 5.41) is 13.0. The van der Waals surface area contributed by atoms with E-state index in [1.54, 1.807) is 25.1 Å². The van der Waals surface area contributed by atoms with E-state index in [1.807, 2.05) is 4.90 Å². The van der Waals surface area contributed by atoms with Gasteiger partial charge in [0.15, 0.2) is 0 Å². The van der Waals surface area contributed by atoms with E-state index < -0.39 is 0 Å². The number of fused-ring (bicyclic) bond motifs is 1. The number of phenols is 1. The monoisotopic (exact) mass is 246 g/mol. The lowest BCUT2D eigenvalue weighted by Gasteiger charge is -2.19. The number of rotatable bonds is 1. The second kappa shape index (κ2) is 4.28. The number of aromatic hydroxyl groups is 1. The molecule has 0 spiro atoms. The van der Waals surface area contributed by atoms with Crippen LogP contribution < -0.4 is 5.32 Å². The van der Waals surface area contributed by atoms with Crippen LogP contribution in [0.5, 0.6) is 5.75 Å². The normalized spacial score (nSPS) is 26.4. The third-order valence-electron chi connectivity index (χ3n) is 4.21. The fourth-order valence-electron chi connectivity index (χ4n) is 3.05. The quantitative estimate of drug-likeness (QED) is 0.777. The molecule has 2 aliphatic rings. The highest BCUT2D eigenvalue weighted by atomic mass is 16.3. The van der Waals surface area contributed by atoms with Crippen molar-refractivity contribution in [3.8, 4) is 5.75 Å². The Kier molecular flexibility index (Phi) is 2.74. The van der Waals surface area contributed by atoms with Gasteiger partial charge >= 0.3 is 0 Å². The Morgan fingerprint density at radius 1 is 1.33 bits per heavy atom. The van der Waals surface area contributed by atoms with Crippen molar-refractivity contribution in [2.75, 3.05) is 26.2 Å². The molecule has 0 aliphatic carbocycles. The average molecular weight is 246 g/mol. The second-order valence-corrected chi connectivity index (χ2v) is 5.34. The molecule has 18 heavy (non-hydrogen) atoms. The highest BCUT2D eigenvalue weighted by Crippen LogP contribution is 2.29. The molecule has 2 saturated heterocycles. The third kappa shape index (κ3) is 1.77. The smallest absolute Gasteiger partial charge is 0.254 e. The van der Waals surface area contributed by atoms with E-state index in [4.69, 9.17) is 0 Å². The number of hydrogen-bond donors (Lipinski definition) is 2. The van der Waals surface area contributed by atoms with Gasteiger partial charge in [0.25, 0.3) is 5.91 Å². The molecule has 1 aromatic rings. The molecule has 0 bridgehead atoms. The number of amides is 1. The Balaban J connectivity index is 1.81. The molecule has 2 aliphatic heterocycles. The van der Waals surface area contributed by atoms with Crippen LogP contribution in [0.4, 0.5) is 0 Å². The van der Waals surface area contributed by atoms with Crippen LogP contribution in [0, 0.1) is 18.8 Å². The van der Waals surface area contributed by atoms with Crippen LogP contribution in [0.3, 0.4) is 0 Å². The van der Waals surface area contributed by atoms with Crippen LogP contribution in [0.15, 0.2) is 18.2 Å². The van der Waals surface area contributed by atoms with Crippen molar-refractivity contribution in [3.05, 3.63) is 29.3 Å². The molecular formula is C14H18N2O2. The number of nitrogens with zero attached hydrogens (tertiary/aromatic N) is 1. The summed E-state index contributed by atoms with van der Waals surface area (Å²) in [6.45, 7) is 5.51. The van der Waals surface area contributed by atoms with E-state index in [0.717, 1.165) is 26.2 Å². The minimum atomic E-state index is 0.0535. The molecule has 2 heterocycles. The van der Waals surface area contributed by atoms with Gasteiger partial charge in [0.1, 0.15) is 5.75 Å². The highest BCUT2D eigenvalue weighted by Gasteiger charge is 2.38. The summed E-state index contributed by atoms with van der Waals surface area (Å²) in [7, 11) is 0. The number of nitrogens with one attached hydrogen (secondary N) is 1. The largest absolute Gasteiger partial charge is 0.508 e. The first-order valence-electron chi connectivity index (χ1n) is 6.45. The van der Waals surface area contributed by atoms with E-state index >= 15 is 0 Å². The summed E-state index contributed by atoms with van der Waals surface area (Å²) in [6.07, 6.45) is 0. The van der Waals surface area contributed by atoms with Gasteiger partial charge in [-0.05, 0) is 30.9 Å². The van der Waals surface area contributed by atoms with E-state index in [-0.39, 0.29) is 11.7 Å². The van der Waals surface area contributed by atoms with Gasteiger partial charge in [-0.3, -0.25) is 4.79 Å². The first-order valence-corrected chi connectivity index (χ1v) is 6.45. The lowest BCUT2D eigenvalue weighted by atomic mass is 10.0. The van der Waals surface area contributed by atoms with Gasteiger partial charge in [0.05, 0.1) is 0 Å². The predicted molar refractivity (Wildman–Crippen MR) is 68.6 cm³/mol. The van der Waals surface area contributed by atoms with Gasteiger partial charge in [-0.25, -0.2) is 0 Å². The van der Waals surface area contributed by atoms with Crippen molar-refractivity contribution >= 4 is 5.91 Å². The summed E-state index contributed by atoms with van der Waals surface area (Å²) < 4.78 is 0. The predicted octanol–water partition coefficient (Wildman–Crippen LogP) is 0.992. The molecule has 0 saturated carbocycles. The second-order valence-electron chi connectivity index (χ2n) is 5.34. The van der Waals surface area contributed by atoms with Crippen molar-refractivity contribution < 1.29 is 9.90 Å². The van der Waals surface area contributed by atoms with Gasteiger partial charge in [0, 0.05) is 37.3 Å². The molecule has 2 N–H and O–H groups in total. The number of hydrogen-bond acceptors (Lipinski definition) is 3. The zero-order valence-corrected chi connectivity index (χ0v) is 10.5. The van der Waals surface area contributed by atoms with Crippen LogP contribution in [0.1, 0.15) is 15.9 Å². The molecule has 96 valence electrons. The first kappa shape index (κ1) is 11.5. The standard InChI is InChI=1S/C14H18N2O2/c1-9-12(3-2-4-13(9)17)14(18)16-7-10-5-15-6-11(10)8-16/h2-4,10-11,15,17H,5-8H2,1H3/t10-,11+. The van der Waals surface area contributed by atoms with Gasteiger partial charge in [-0.1, -0.05) is 6.07 Å². The fourth-order valence-corrected chi connectivity index (χ4v) is 3.05. The summed E-state index contributed by atoms with van der Waals surface area (Å²) >= 11 is 0. The van der Waals surface area contributed by atoms with Crippen LogP contribution >= 0.6 is 0 Å². The van der Waals surface area contributed by atoms with Crippen LogP contribution in [0.2, 0.25) is 0 Å². The third-order valence-corrected chi connectivity index (χ3v) is 4.21. The number of phenolic OH excluding ortho intramolecular Hbond substituents is 1.